The second-order valence-corrected chi connectivity index (χ2v) is 14.9. The van der Waals surface area contributed by atoms with E-state index in [1.54, 1.807) is 31.4 Å². The first kappa shape index (κ1) is 37.7. The summed E-state index contributed by atoms with van der Waals surface area (Å²) < 4.78 is 11.5. The maximum absolute atomic E-state index is 14.1. The molecule has 2 amide bonds. The van der Waals surface area contributed by atoms with E-state index in [-0.39, 0.29) is 31.0 Å². The third-order valence-corrected chi connectivity index (χ3v) is 11.6. The minimum absolute atomic E-state index is 0.0914. The Balaban J connectivity index is 1.000. The highest BCUT2D eigenvalue weighted by Crippen LogP contribution is 2.48. The Labute approximate surface area is 333 Å². The van der Waals surface area contributed by atoms with Crippen molar-refractivity contribution in [2.75, 3.05) is 25.6 Å². The smallest absolute Gasteiger partial charge is 0.408 e. The number of aliphatic hydroxyl groups is 1. The van der Waals surface area contributed by atoms with Crippen LogP contribution >= 0.6 is 0 Å². The van der Waals surface area contributed by atoms with Gasteiger partial charge in [0.05, 0.1) is 19.3 Å². The van der Waals surface area contributed by atoms with Crippen molar-refractivity contribution < 1.29 is 24.2 Å². The number of benzene rings is 6. The monoisotopic (exact) mass is 757 g/mol. The Bertz CT molecular complexity index is 2230. The summed E-state index contributed by atoms with van der Waals surface area (Å²) in [7, 11) is 1.67. The van der Waals surface area contributed by atoms with E-state index in [1.165, 1.54) is 0 Å². The van der Waals surface area contributed by atoms with E-state index < -0.39 is 17.2 Å². The molecule has 57 heavy (non-hydrogen) atoms. The highest BCUT2D eigenvalue weighted by atomic mass is 16.5. The molecule has 1 fully saturated rings. The van der Waals surface area contributed by atoms with Gasteiger partial charge < -0.3 is 25.2 Å². The molecular formula is C49H47N3O5. The second kappa shape index (κ2) is 16.5. The average molecular weight is 758 g/mol. The van der Waals surface area contributed by atoms with E-state index in [9.17, 15) is 14.7 Å². The van der Waals surface area contributed by atoms with Crippen molar-refractivity contribution in [2.24, 2.45) is 5.92 Å². The number of methoxy groups -OCH3 is 1. The molecule has 6 aromatic carbocycles. The number of carbonyl (C=O) groups excluding carboxylic acids is 2. The molecular weight excluding hydrogens is 711 g/mol. The van der Waals surface area contributed by atoms with Crippen LogP contribution < -0.4 is 20.7 Å². The summed E-state index contributed by atoms with van der Waals surface area (Å²) in [5.74, 6) is 0.289. The van der Waals surface area contributed by atoms with E-state index in [2.05, 4.69) is 101 Å². The van der Waals surface area contributed by atoms with Crippen molar-refractivity contribution in [3.05, 3.63) is 191 Å². The van der Waals surface area contributed by atoms with Crippen LogP contribution in [0.1, 0.15) is 58.6 Å². The molecule has 0 bridgehead atoms. The predicted octanol–water partition coefficient (Wildman–Crippen LogP) is 8.79. The molecule has 0 aromatic heterocycles. The van der Waals surface area contributed by atoms with Gasteiger partial charge in [-0.05, 0) is 100 Å². The molecule has 1 saturated carbocycles. The van der Waals surface area contributed by atoms with E-state index in [0.717, 1.165) is 56.7 Å². The molecule has 0 aliphatic heterocycles. The molecule has 4 N–H and O–H groups in total. The summed E-state index contributed by atoms with van der Waals surface area (Å²) in [6, 6.07) is 52.5. The fourth-order valence-corrected chi connectivity index (χ4v) is 8.57. The quantitative estimate of drug-likeness (QED) is 0.0617. The highest BCUT2D eigenvalue weighted by Gasteiger charge is 2.61. The lowest BCUT2D eigenvalue weighted by Gasteiger charge is -2.37. The Morgan fingerprint density at radius 1 is 0.719 bits per heavy atom. The van der Waals surface area contributed by atoms with Crippen LogP contribution in [0.3, 0.4) is 0 Å². The molecule has 0 radical (unpaired) electrons. The molecule has 8 rings (SSSR count). The van der Waals surface area contributed by atoms with Crippen LogP contribution in [-0.4, -0.2) is 42.9 Å². The second-order valence-electron chi connectivity index (χ2n) is 14.9. The summed E-state index contributed by atoms with van der Waals surface area (Å²) >= 11 is 0. The molecule has 2 aliphatic rings. The highest BCUT2D eigenvalue weighted by molar-refractivity contribution is 6.02. The van der Waals surface area contributed by atoms with Crippen molar-refractivity contribution in [2.45, 2.75) is 42.9 Å². The number of fused-ring (bicyclic) bond motifs is 3. The van der Waals surface area contributed by atoms with Crippen molar-refractivity contribution in [3.8, 4) is 16.9 Å². The van der Waals surface area contributed by atoms with Gasteiger partial charge in [-0.2, -0.15) is 0 Å². The summed E-state index contributed by atoms with van der Waals surface area (Å²) in [4.78, 5) is 27.8. The fraction of sp³-hybridized carbons (Fsp3) is 0.224. The Morgan fingerprint density at radius 3 is 1.86 bits per heavy atom. The van der Waals surface area contributed by atoms with Gasteiger partial charge in [-0.1, -0.05) is 133 Å². The van der Waals surface area contributed by atoms with Crippen LogP contribution in [-0.2, 0) is 21.7 Å². The zero-order valence-electron chi connectivity index (χ0n) is 32.0. The zero-order valence-corrected chi connectivity index (χ0v) is 32.0. The van der Waals surface area contributed by atoms with E-state index in [1.807, 2.05) is 48.5 Å². The Hall–Kier alpha value is -6.22. The number of hydrogen-bond acceptors (Lipinski definition) is 6. The molecule has 0 spiro atoms. The topological polar surface area (TPSA) is 109 Å². The van der Waals surface area contributed by atoms with Crippen LogP contribution in [0, 0.1) is 5.92 Å². The van der Waals surface area contributed by atoms with Gasteiger partial charge in [0.2, 0.25) is 0 Å². The van der Waals surface area contributed by atoms with Crippen LogP contribution in [0.2, 0.25) is 0 Å². The first-order chi connectivity index (χ1) is 27.9. The van der Waals surface area contributed by atoms with Crippen LogP contribution in [0.25, 0.3) is 11.1 Å². The Morgan fingerprint density at radius 2 is 1.28 bits per heavy atom. The molecule has 2 unspecified atom stereocenters. The fourth-order valence-electron chi connectivity index (χ4n) is 8.57. The van der Waals surface area contributed by atoms with Crippen LogP contribution in [0.4, 0.5) is 10.5 Å². The van der Waals surface area contributed by atoms with Gasteiger partial charge in [-0.15, -0.1) is 0 Å². The molecule has 0 saturated heterocycles. The van der Waals surface area contributed by atoms with Crippen LogP contribution in [0.5, 0.6) is 5.75 Å². The first-order valence-corrected chi connectivity index (χ1v) is 19.6. The number of nitrogens with one attached hydrogen (secondary N) is 3. The van der Waals surface area contributed by atoms with Gasteiger partial charge in [0.1, 0.15) is 17.9 Å². The molecule has 8 nitrogen and oxygen atoms in total. The normalized spacial score (nSPS) is 16.9. The van der Waals surface area contributed by atoms with E-state index in [0.29, 0.717) is 25.1 Å². The van der Waals surface area contributed by atoms with Crippen molar-refractivity contribution in [1.82, 2.24) is 10.6 Å². The third kappa shape index (κ3) is 7.54. The number of anilines is 1. The van der Waals surface area contributed by atoms with Crippen molar-refractivity contribution >= 4 is 17.7 Å². The summed E-state index contributed by atoms with van der Waals surface area (Å²) in [5.41, 5.74) is 7.37. The number of aliphatic hydroxyl groups excluding tert-OH is 1. The lowest BCUT2D eigenvalue weighted by Crippen LogP contribution is -2.48. The van der Waals surface area contributed by atoms with Crippen molar-refractivity contribution in [1.29, 1.82) is 0 Å². The SMILES string of the molecule is COc1ccc(C(NCCCC2CC2(NC(=O)OCC2c3ccccc3-c3ccccc32)C(=O)Nc2ccc(CO)cc2)(c2ccccc2)c2ccccc2)cc1. The standard InChI is InChI=1S/C49H47N3O5/c1-56-40-28-24-37(25-29-40)49(35-13-4-2-5-14-35,36-15-6-3-7-16-36)50-30-12-17-38-31-48(38,46(54)51-39-26-22-34(32-53)23-27-39)52-47(55)57-33-45-43-20-10-8-18-41(43)42-19-9-11-21-44(42)45/h2-11,13-16,18-29,38,45,50,53H,12,17,30-33H2,1H3,(H,51,54)(H,52,55). The summed E-state index contributed by atoms with van der Waals surface area (Å²) in [6.07, 6.45) is 1.30. The maximum atomic E-state index is 14.1. The molecule has 8 heteroatoms. The number of hydrogen-bond donors (Lipinski definition) is 4. The summed E-state index contributed by atoms with van der Waals surface area (Å²) in [6.45, 7) is 0.699. The lowest BCUT2D eigenvalue weighted by atomic mass is 9.77. The van der Waals surface area contributed by atoms with Gasteiger partial charge in [-0.25, -0.2) is 4.79 Å². The zero-order chi connectivity index (χ0) is 39.2. The maximum Gasteiger partial charge on any atom is 0.408 e. The largest absolute Gasteiger partial charge is 0.497 e. The van der Waals surface area contributed by atoms with Gasteiger partial charge in [-0.3, -0.25) is 10.1 Å². The number of rotatable bonds is 15. The van der Waals surface area contributed by atoms with E-state index in [4.69, 9.17) is 9.47 Å². The number of alkyl carbamates (subject to hydrolysis) is 1. The molecule has 2 aliphatic carbocycles. The van der Waals surface area contributed by atoms with Crippen LogP contribution in [0.15, 0.2) is 158 Å². The lowest BCUT2D eigenvalue weighted by molar-refractivity contribution is -0.119. The minimum atomic E-state index is -1.13. The molecule has 0 heterocycles. The van der Waals surface area contributed by atoms with Gasteiger partial charge >= 0.3 is 6.09 Å². The van der Waals surface area contributed by atoms with E-state index >= 15 is 0 Å². The average Bonchev–Trinajstić information content (AvgIpc) is 3.88. The minimum Gasteiger partial charge on any atom is -0.497 e. The first-order valence-electron chi connectivity index (χ1n) is 19.6. The number of amides is 2. The van der Waals surface area contributed by atoms with Gasteiger partial charge in [0.15, 0.2) is 0 Å². The number of ether oxygens (including phenoxy) is 2. The Kier molecular flexibility index (Phi) is 10.9. The molecule has 6 aromatic rings. The third-order valence-electron chi connectivity index (χ3n) is 11.6. The van der Waals surface area contributed by atoms with Gasteiger partial charge in [0, 0.05) is 11.6 Å². The van der Waals surface area contributed by atoms with Gasteiger partial charge in [0.25, 0.3) is 5.91 Å². The van der Waals surface area contributed by atoms with Crippen molar-refractivity contribution in [3.63, 3.8) is 0 Å². The number of carbonyl (C=O) groups is 2. The predicted molar refractivity (Wildman–Crippen MR) is 223 cm³/mol. The molecule has 2 atom stereocenters. The summed E-state index contributed by atoms with van der Waals surface area (Å²) in [5, 5.41) is 19.5. The molecule has 288 valence electrons.